The fraction of sp³-hybridized carbons (Fsp3) is 0.200. The van der Waals surface area contributed by atoms with E-state index in [9.17, 15) is 4.79 Å². The third kappa shape index (κ3) is 2.38. The molecule has 0 aliphatic rings. The number of hydrogen-bond acceptors (Lipinski definition) is 1. The Morgan fingerprint density at radius 3 is 2.50 bits per heavy atom. The summed E-state index contributed by atoms with van der Waals surface area (Å²) < 4.78 is 0. The molecule has 0 aliphatic heterocycles. The highest BCUT2D eigenvalue weighted by atomic mass is 16.2. The van der Waals surface area contributed by atoms with Gasteiger partial charge in [-0.15, -0.1) is 0 Å². The van der Waals surface area contributed by atoms with Crippen LogP contribution < -0.4 is 0 Å². The standard InChI is InChI=1S/C10H12NO/c1-9(12)11(2)8-10-6-4-3-5-7-10/h3-7H,2,8H2,1H3. The Morgan fingerprint density at radius 2 is 2.00 bits per heavy atom. The highest BCUT2D eigenvalue weighted by Gasteiger charge is 2.01. The van der Waals surface area contributed by atoms with Crippen molar-refractivity contribution in [2.45, 2.75) is 13.5 Å². The van der Waals surface area contributed by atoms with Gasteiger partial charge in [0, 0.05) is 20.5 Å². The van der Waals surface area contributed by atoms with Gasteiger partial charge in [0.05, 0.1) is 0 Å². The summed E-state index contributed by atoms with van der Waals surface area (Å²) in [6, 6.07) is 9.79. The van der Waals surface area contributed by atoms with E-state index in [4.69, 9.17) is 0 Å². The molecule has 12 heavy (non-hydrogen) atoms. The summed E-state index contributed by atoms with van der Waals surface area (Å²) in [4.78, 5) is 12.3. The Kier molecular flexibility index (Phi) is 2.86. The van der Waals surface area contributed by atoms with E-state index in [2.05, 4.69) is 7.05 Å². The zero-order valence-electron chi connectivity index (χ0n) is 7.16. The summed E-state index contributed by atoms with van der Waals surface area (Å²) in [7, 11) is 3.62. The molecule has 1 amide bonds. The SMILES string of the molecule is [CH2]N(Cc1ccccc1)C(C)=O. The van der Waals surface area contributed by atoms with E-state index in [-0.39, 0.29) is 5.91 Å². The van der Waals surface area contributed by atoms with E-state index in [1.54, 1.807) is 0 Å². The molecule has 63 valence electrons. The average molecular weight is 162 g/mol. The normalized spacial score (nSPS) is 9.50. The lowest BCUT2D eigenvalue weighted by Crippen LogP contribution is -2.20. The van der Waals surface area contributed by atoms with Gasteiger partial charge in [0.2, 0.25) is 5.91 Å². The Morgan fingerprint density at radius 1 is 1.42 bits per heavy atom. The Bertz CT molecular complexity index is 256. The first-order valence-electron chi connectivity index (χ1n) is 3.82. The van der Waals surface area contributed by atoms with Crippen molar-refractivity contribution < 1.29 is 4.79 Å². The number of amides is 1. The summed E-state index contributed by atoms with van der Waals surface area (Å²) in [5.41, 5.74) is 1.10. The van der Waals surface area contributed by atoms with Gasteiger partial charge >= 0.3 is 0 Å². The van der Waals surface area contributed by atoms with Crippen molar-refractivity contribution in [1.82, 2.24) is 4.90 Å². The molecule has 1 aromatic rings. The van der Waals surface area contributed by atoms with Crippen molar-refractivity contribution in [1.29, 1.82) is 0 Å². The predicted octanol–water partition coefficient (Wildman–Crippen LogP) is 1.83. The quantitative estimate of drug-likeness (QED) is 0.649. The van der Waals surface area contributed by atoms with Crippen LogP contribution in [-0.2, 0) is 11.3 Å². The lowest BCUT2D eigenvalue weighted by molar-refractivity contribution is -0.127. The molecular weight excluding hydrogens is 150 g/mol. The summed E-state index contributed by atoms with van der Waals surface area (Å²) in [6.07, 6.45) is 0. The Labute approximate surface area is 72.8 Å². The molecule has 2 heteroatoms. The van der Waals surface area contributed by atoms with Crippen molar-refractivity contribution in [2.24, 2.45) is 0 Å². The van der Waals surface area contributed by atoms with E-state index in [0.29, 0.717) is 6.54 Å². The molecule has 2 nitrogen and oxygen atoms in total. The molecular formula is C10H12NO. The zero-order valence-corrected chi connectivity index (χ0v) is 7.16. The molecule has 0 N–H and O–H groups in total. The van der Waals surface area contributed by atoms with Crippen LogP contribution in [0.25, 0.3) is 0 Å². The third-order valence-electron chi connectivity index (χ3n) is 1.66. The second kappa shape index (κ2) is 3.90. The van der Waals surface area contributed by atoms with Gasteiger partial charge in [-0.2, -0.15) is 0 Å². The number of carbonyl (C=O) groups is 1. The second-order valence-corrected chi connectivity index (χ2v) is 2.70. The van der Waals surface area contributed by atoms with Gasteiger partial charge in [-0.25, -0.2) is 0 Å². The molecule has 0 aromatic heterocycles. The largest absolute Gasteiger partial charge is 0.337 e. The first-order valence-corrected chi connectivity index (χ1v) is 3.82. The summed E-state index contributed by atoms with van der Waals surface area (Å²) in [6.45, 7) is 2.09. The van der Waals surface area contributed by atoms with Gasteiger partial charge < -0.3 is 4.90 Å². The fourth-order valence-corrected chi connectivity index (χ4v) is 0.915. The van der Waals surface area contributed by atoms with Crippen LogP contribution >= 0.6 is 0 Å². The van der Waals surface area contributed by atoms with Crippen LogP contribution in [0.15, 0.2) is 30.3 Å². The smallest absolute Gasteiger partial charge is 0.219 e. The molecule has 1 rings (SSSR count). The van der Waals surface area contributed by atoms with Gasteiger partial charge in [-0.1, -0.05) is 30.3 Å². The highest BCUT2D eigenvalue weighted by Crippen LogP contribution is 2.02. The predicted molar refractivity (Wildman–Crippen MR) is 48.0 cm³/mol. The lowest BCUT2D eigenvalue weighted by Gasteiger charge is -2.13. The molecule has 0 saturated heterocycles. The van der Waals surface area contributed by atoms with E-state index in [1.807, 2.05) is 30.3 Å². The minimum Gasteiger partial charge on any atom is -0.337 e. The maximum absolute atomic E-state index is 10.8. The molecule has 0 saturated carbocycles. The van der Waals surface area contributed by atoms with Crippen LogP contribution in [0.3, 0.4) is 0 Å². The van der Waals surface area contributed by atoms with Crippen LogP contribution in [0, 0.1) is 7.05 Å². The van der Waals surface area contributed by atoms with E-state index in [1.165, 1.54) is 11.8 Å². The van der Waals surface area contributed by atoms with Crippen molar-refractivity contribution >= 4 is 5.91 Å². The van der Waals surface area contributed by atoms with Gasteiger partial charge in [0.1, 0.15) is 0 Å². The third-order valence-corrected chi connectivity index (χ3v) is 1.66. The maximum atomic E-state index is 10.8. The van der Waals surface area contributed by atoms with E-state index in [0.717, 1.165) is 5.56 Å². The number of benzene rings is 1. The topological polar surface area (TPSA) is 20.3 Å². The van der Waals surface area contributed by atoms with Gasteiger partial charge in [-0.3, -0.25) is 4.79 Å². The van der Waals surface area contributed by atoms with E-state index >= 15 is 0 Å². The van der Waals surface area contributed by atoms with E-state index < -0.39 is 0 Å². The first-order chi connectivity index (χ1) is 5.70. The minimum atomic E-state index is -0.0150. The van der Waals surface area contributed by atoms with Crippen molar-refractivity contribution in [3.63, 3.8) is 0 Å². The van der Waals surface area contributed by atoms with Crippen molar-refractivity contribution in [3.05, 3.63) is 42.9 Å². The maximum Gasteiger partial charge on any atom is 0.219 e. The number of carbonyl (C=O) groups excluding carboxylic acids is 1. The molecule has 0 fully saturated rings. The Hall–Kier alpha value is -1.31. The summed E-state index contributed by atoms with van der Waals surface area (Å²) in [5, 5.41) is 0. The fourth-order valence-electron chi connectivity index (χ4n) is 0.915. The second-order valence-electron chi connectivity index (χ2n) is 2.70. The summed E-state index contributed by atoms with van der Waals surface area (Å²) >= 11 is 0. The average Bonchev–Trinajstić information content (AvgIpc) is 2.06. The van der Waals surface area contributed by atoms with Gasteiger partial charge in [-0.05, 0) is 5.56 Å². The van der Waals surface area contributed by atoms with Gasteiger partial charge in [0.25, 0.3) is 0 Å². The highest BCUT2D eigenvalue weighted by molar-refractivity contribution is 5.73. The zero-order chi connectivity index (χ0) is 8.97. The van der Waals surface area contributed by atoms with Gasteiger partial charge in [0.15, 0.2) is 0 Å². The molecule has 0 heterocycles. The van der Waals surface area contributed by atoms with Crippen LogP contribution in [0.2, 0.25) is 0 Å². The van der Waals surface area contributed by atoms with Crippen LogP contribution in [0.1, 0.15) is 12.5 Å². The molecule has 0 spiro atoms. The summed E-state index contributed by atoms with van der Waals surface area (Å²) in [5.74, 6) is -0.0150. The Balaban J connectivity index is 2.58. The molecule has 0 unspecified atom stereocenters. The molecule has 1 aromatic carbocycles. The number of hydrogen-bond donors (Lipinski definition) is 0. The minimum absolute atomic E-state index is 0.0150. The van der Waals surface area contributed by atoms with Crippen LogP contribution in [0.5, 0.6) is 0 Å². The molecule has 0 aliphatic carbocycles. The van der Waals surface area contributed by atoms with Crippen LogP contribution in [0.4, 0.5) is 0 Å². The molecule has 0 bridgehead atoms. The van der Waals surface area contributed by atoms with Crippen molar-refractivity contribution in [2.75, 3.05) is 0 Å². The lowest BCUT2D eigenvalue weighted by atomic mass is 10.2. The van der Waals surface area contributed by atoms with Crippen molar-refractivity contribution in [3.8, 4) is 0 Å². The first kappa shape index (κ1) is 8.78. The number of nitrogens with zero attached hydrogens (tertiary/aromatic N) is 1. The van der Waals surface area contributed by atoms with Crippen LogP contribution in [-0.4, -0.2) is 10.8 Å². The molecule has 1 radical (unpaired) electrons. The monoisotopic (exact) mass is 162 g/mol. The number of rotatable bonds is 2. The molecule has 0 atom stereocenters.